The molecule has 0 radical (unpaired) electrons. The number of carbonyl (C=O) groups excluding carboxylic acids is 1. The largest absolute Gasteiger partial charge is 0.491 e. The van der Waals surface area contributed by atoms with Crippen molar-refractivity contribution in [2.75, 3.05) is 11.1 Å². The third-order valence-corrected chi connectivity index (χ3v) is 6.23. The molecule has 0 saturated carbocycles. The molecule has 3 aromatic rings. The van der Waals surface area contributed by atoms with Crippen molar-refractivity contribution in [3.63, 3.8) is 0 Å². The van der Waals surface area contributed by atoms with Crippen LogP contribution in [-0.2, 0) is 4.79 Å². The predicted octanol–water partition coefficient (Wildman–Crippen LogP) is 5.40. The van der Waals surface area contributed by atoms with Crippen molar-refractivity contribution in [1.29, 1.82) is 0 Å². The fourth-order valence-corrected chi connectivity index (χ4v) is 4.84. The first kappa shape index (κ1) is 19.9. The molecule has 1 N–H and O–H groups in total. The summed E-state index contributed by atoms with van der Waals surface area (Å²) in [6.45, 7) is 5.98. The minimum atomic E-state index is -0.0493. The summed E-state index contributed by atoms with van der Waals surface area (Å²) in [5.74, 6) is 1.83. The number of carbonyl (C=O) groups is 1. The molecule has 0 spiro atoms. The monoisotopic (exact) mass is 427 g/mol. The van der Waals surface area contributed by atoms with Gasteiger partial charge in [-0.05, 0) is 50.6 Å². The summed E-state index contributed by atoms with van der Waals surface area (Å²) in [4.78, 5) is 12.4. The van der Waals surface area contributed by atoms with E-state index in [2.05, 4.69) is 17.4 Å². The summed E-state index contributed by atoms with van der Waals surface area (Å²) in [5, 5.41) is 8.30. The third kappa shape index (κ3) is 4.00. The van der Waals surface area contributed by atoms with Gasteiger partial charge in [-0.3, -0.25) is 4.79 Å². The SMILES string of the molecule is Cc1nn(-c2ccccc2Cl)c2c1[C@@H](c1ccc(OC(C)C)cc1)SCC(=O)N2. The van der Waals surface area contributed by atoms with Crippen LogP contribution in [0.5, 0.6) is 5.75 Å². The Morgan fingerprint density at radius 3 is 2.62 bits per heavy atom. The van der Waals surface area contributed by atoms with Gasteiger partial charge in [-0.1, -0.05) is 35.9 Å². The van der Waals surface area contributed by atoms with E-state index in [4.69, 9.17) is 21.4 Å². The molecule has 0 unspecified atom stereocenters. The van der Waals surface area contributed by atoms with E-state index in [1.165, 1.54) is 0 Å². The molecule has 2 aromatic carbocycles. The van der Waals surface area contributed by atoms with Crippen LogP contribution in [0.1, 0.15) is 35.9 Å². The molecule has 29 heavy (non-hydrogen) atoms. The zero-order valence-electron chi connectivity index (χ0n) is 16.5. The zero-order chi connectivity index (χ0) is 20.5. The highest BCUT2D eigenvalue weighted by molar-refractivity contribution is 8.00. The van der Waals surface area contributed by atoms with Crippen LogP contribution < -0.4 is 10.1 Å². The van der Waals surface area contributed by atoms with Crippen molar-refractivity contribution < 1.29 is 9.53 Å². The molecule has 4 rings (SSSR count). The van der Waals surface area contributed by atoms with Crippen molar-refractivity contribution in [1.82, 2.24) is 9.78 Å². The molecule has 0 saturated heterocycles. The molecule has 0 bridgehead atoms. The van der Waals surface area contributed by atoms with Crippen LogP contribution in [0.25, 0.3) is 5.69 Å². The van der Waals surface area contributed by atoms with Crippen LogP contribution in [0.4, 0.5) is 5.82 Å². The van der Waals surface area contributed by atoms with Crippen molar-refractivity contribution in [3.8, 4) is 11.4 Å². The number of rotatable bonds is 4. The lowest BCUT2D eigenvalue weighted by molar-refractivity contribution is -0.113. The van der Waals surface area contributed by atoms with E-state index in [0.29, 0.717) is 16.6 Å². The summed E-state index contributed by atoms with van der Waals surface area (Å²) in [6, 6.07) is 15.6. The molecular formula is C22H22ClN3O2S. The van der Waals surface area contributed by atoms with E-state index in [9.17, 15) is 4.79 Å². The first-order chi connectivity index (χ1) is 13.9. The smallest absolute Gasteiger partial charge is 0.235 e. The molecule has 5 nitrogen and oxygen atoms in total. The number of amides is 1. The minimum absolute atomic E-state index is 0.0201. The normalized spacial score (nSPS) is 16.3. The lowest BCUT2D eigenvalue weighted by atomic mass is 10.0. The van der Waals surface area contributed by atoms with E-state index in [0.717, 1.165) is 28.3 Å². The number of fused-ring (bicyclic) bond motifs is 1. The molecule has 1 atom stereocenters. The van der Waals surface area contributed by atoms with Crippen LogP contribution in [-0.4, -0.2) is 27.5 Å². The summed E-state index contributed by atoms with van der Waals surface area (Å²) >= 11 is 8.00. The highest BCUT2D eigenvalue weighted by Gasteiger charge is 2.31. The number of hydrogen-bond donors (Lipinski definition) is 1. The highest BCUT2D eigenvalue weighted by atomic mass is 35.5. The predicted molar refractivity (Wildman–Crippen MR) is 118 cm³/mol. The topological polar surface area (TPSA) is 56.2 Å². The van der Waals surface area contributed by atoms with E-state index < -0.39 is 0 Å². The maximum atomic E-state index is 12.4. The van der Waals surface area contributed by atoms with Gasteiger partial charge in [-0.2, -0.15) is 5.10 Å². The highest BCUT2D eigenvalue weighted by Crippen LogP contribution is 2.44. The summed E-state index contributed by atoms with van der Waals surface area (Å²) < 4.78 is 7.50. The number of nitrogens with one attached hydrogen (secondary N) is 1. The summed E-state index contributed by atoms with van der Waals surface area (Å²) in [7, 11) is 0. The number of thioether (sulfide) groups is 1. The first-order valence-electron chi connectivity index (χ1n) is 9.46. The van der Waals surface area contributed by atoms with Crippen molar-refractivity contribution >= 4 is 35.1 Å². The lowest BCUT2D eigenvalue weighted by Crippen LogP contribution is -2.16. The Kier molecular flexibility index (Phi) is 5.56. The van der Waals surface area contributed by atoms with Gasteiger partial charge in [0.2, 0.25) is 5.91 Å². The fourth-order valence-electron chi connectivity index (χ4n) is 3.44. The number of aromatic nitrogens is 2. The van der Waals surface area contributed by atoms with Gasteiger partial charge in [0.25, 0.3) is 0 Å². The average molecular weight is 428 g/mol. The molecule has 7 heteroatoms. The van der Waals surface area contributed by atoms with Crippen LogP contribution in [0, 0.1) is 6.92 Å². The first-order valence-corrected chi connectivity index (χ1v) is 10.9. The second-order valence-electron chi connectivity index (χ2n) is 7.19. The van der Waals surface area contributed by atoms with E-state index in [-0.39, 0.29) is 17.3 Å². The Morgan fingerprint density at radius 2 is 1.93 bits per heavy atom. The van der Waals surface area contributed by atoms with Gasteiger partial charge >= 0.3 is 0 Å². The second kappa shape index (κ2) is 8.13. The van der Waals surface area contributed by atoms with Gasteiger partial charge in [-0.15, -0.1) is 11.8 Å². The minimum Gasteiger partial charge on any atom is -0.491 e. The van der Waals surface area contributed by atoms with Gasteiger partial charge in [0.15, 0.2) is 0 Å². The Bertz CT molecular complexity index is 1050. The van der Waals surface area contributed by atoms with Crippen LogP contribution in [0.2, 0.25) is 5.02 Å². The van der Waals surface area contributed by atoms with Gasteiger partial charge in [0.1, 0.15) is 11.6 Å². The molecule has 1 amide bonds. The van der Waals surface area contributed by atoms with Crippen LogP contribution in [0.3, 0.4) is 0 Å². The molecule has 0 fully saturated rings. The molecule has 150 valence electrons. The number of halogens is 1. The Balaban J connectivity index is 1.80. The standard InChI is InChI=1S/C22H22ClN3O2S/c1-13(2)28-16-10-8-15(9-11-16)21-20-14(3)25-26(18-7-5-4-6-17(18)23)22(20)24-19(27)12-29-21/h4-11,13,21H,12H2,1-3H3,(H,24,27)/t21-/m1/s1. The lowest BCUT2D eigenvalue weighted by Gasteiger charge is -2.17. The number of para-hydroxylation sites is 1. The van der Waals surface area contributed by atoms with Gasteiger partial charge in [-0.25, -0.2) is 4.68 Å². The van der Waals surface area contributed by atoms with E-state index in [1.54, 1.807) is 16.4 Å². The number of hydrogen-bond acceptors (Lipinski definition) is 4. The van der Waals surface area contributed by atoms with Gasteiger partial charge in [0.05, 0.1) is 33.5 Å². The number of anilines is 1. The number of aryl methyl sites for hydroxylation is 1. The molecule has 1 aliphatic heterocycles. The third-order valence-electron chi connectivity index (χ3n) is 4.64. The molecule has 1 aliphatic rings. The number of benzene rings is 2. The van der Waals surface area contributed by atoms with Crippen LogP contribution >= 0.6 is 23.4 Å². The maximum Gasteiger partial charge on any atom is 0.235 e. The zero-order valence-corrected chi connectivity index (χ0v) is 18.1. The number of nitrogens with zero attached hydrogens (tertiary/aromatic N) is 2. The number of ether oxygens (including phenoxy) is 1. The fraction of sp³-hybridized carbons (Fsp3) is 0.273. The Morgan fingerprint density at radius 1 is 1.21 bits per heavy atom. The summed E-state index contributed by atoms with van der Waals surface area (Å²) in [5.41, 5.74) is 3.70. The molecular weight excluding hydrogens is 406 g/mol. The van der Waals surface area contributed by atoms with E-state index >= 15 is 0 Å². The quantitative estimate of drug-likeness (QED) is 0.606. The van der Waals surface area contributed by atoms with Gasteiger partial charge < -0.3 is 10.1 Å². The second-order valence-corrected chi connectivity index (χ2v) is 8.69. The Labute approximate surface area is 179 Å². The van der Waals surface area contributed by atoms with Crippen LogP contribution in [0.15, 0.2) is 48.5 Å². The molecule has 1 aromatic heterocycles. The van der Waals surface area contributed by atoms with Crippen molar-refractivity contribution in [3.05, 3.63) is 70.4 Å². The average Bonchev–Trinajstić information content (AvgIpc) is 2.88. The Hall–Kier alpha value is -2.44. The van der Waals surface area contributed by atoms with Crippen molar-refractivity contribution in [2.45, 2.75) is 32.1 Å². The van der Waals surface area contributed by atoms with E-state index in [1.807, 2.05) is 57.2 Å². The van der Waals surface area contributed by atoms with Crippen molar-refractivity contribution in [2.24, 2.45) is 0 Å². The summed E-state index contributed by atoms with van der Waals surface area (Å²) in [6.07, 6.45) is 0.123. The van der Waals surface area contributed by atoms with Gasteiger partial charge in [0, 0.05) is 5.56 Å². The molecule has 0 aliphatic carbocycles. The molecule has 2 heterocycles. The maximum absolute atomic E-state index is 12.4.